The van der Waals surface area contributed by atoms with Crippen molar-refractivity contribution in [3.05, 3.63) is 82.3 Å². The van der Waals surface area contributed by atoms with E-state index < -0.39 is 17.5 Å². The number of carbonyl (C=O) groups is 3. The molecule has 0 saturated heterocycles. The minimum atomic E-state index is -0.921. The number of rotatable bonds is 4. The van der Waals surface area contributed by atoms with Crippen LogP contribution in [0, 0.1) is 5.41 Å². The lowest BCUT2D eigenvalue weighted by Crippen LogP contribution is -2.14. The van der Waals surface area contributed by atoms with Crippen molar-refractivity contribution in [1.29, 1.82) is 0 Å². The molecule has 0 aromatic heterocycles. The molecular formula is C21H21BrO4. The molecule has 0 heterocycles. The molecule has 0 fully saturated rings. The van der Waals surface area contributed by atoms with E-state index in [1.165, 1.54) is 0 Å². The van der Waals surface area contributed by atoms with Gasteiger partial charge in [0.15, 0.2) is 0 Å². The number of aliphatic carboxylic acids is 1. The summed E-state index contributed by atoms with van der Waals surface area (Å²) in [7, 11) is 0. The molecule has 1 N–H and O–H groups in total. The number of allylic oxidation sites excluding steroid dienone is 1. The number of ketones is 2. The van der Waals surface area contributed by atoms with Crippen LogP contribution in [0.15, 0.2) is 71.2 Å². The van der Waals surface area contributed by atoms with Crippen molar-refractivity contribution >= 4 is 33.5 Å². The molecule has 0 atom stereocenters. The Balaban J connectivity index is 0.000000294. The average Bonchev–Trinajstić information content (AvgIpc) is 2.61. The molecule has 0 spiro atoms. The van der Waals surface area contributed by atoms with Gasteiger partial charge in [0, 0.05) is 11.1 Å². The van der Waals surface area contributed by atoms with Crippen molar-refractivity contribution in [3.8, 4) is 0 Å². The van der Waals surface area contributed by atoms with Gasteiger partial charge in [0.1, 0.15) is 0 Å². The molecule has 0 aliphatic carbocycles. The summed E-state index contributed by atoms with van der Waals surface area (Å²) in [5.74, 6) is -1.85. The van der Waals surface area contributed by atoms with Gasteiger partial charge in [0.25, 0.3) is 0 Å². The van der Waals surface area contributed by atoms with E-state index >= 15 is 0 Å². The maximum atomic E-state index is 11.8. The van der Waals surface area contributed by atoms with Crippen LogP contribution in [-0.2, 0) is 4.79 Å². The maximum Gasteiger partial charge on any atom is 0.342 e. The standard InChI is InChI=1S/C14H10O2.C7H11BrO2/c15-13(11-7-3-1-4-8-11)14(16)12-9-5-2-6-10-12;1-7(2,3)4-5(8)6(9)10/h1-10H;4H,1-3H3,(H,9,10)/b;5-4-. The van der Waals surface area contributed by atoms with Gasteiger partial charge in [-0.1, -0.05) is 87.5 Å². The molecule has 26 heavy (non-hydrogen) atoms. The zero-order valence-electron chi connectivity index (χ0n) is 14.9. The highest BCUT2D eigenvalue weighted by molar-refractivity contribution is 9.12. The summed E-state index contributed by atoms with van der Waals surface area (Å²) < 4.78 is 0.222. The molecule has 0 aliphatic rings. The van der Waals surface area contributed by atoms with Crippen molar-refractivity contribution in [2.75, 3.05) is 0 Å². The number of carboxylic acids is 1. The van der Waals surface area contributed by atoms with E-state index in [1.807, 2.05) is 32.9 Å². The summed E-state index contributed by atoms with van der Waals surface area (Å²) in [5, 5.41) is 8.43. The van der Waals surface area contributed by atoms with E-state index in [1.54, 1.807) is 54.6 Å². The van der Waals surface area contributed by atoms with E-state index in [9.17, 15) is 14.4 Å². The highest BCUT2D eigenvalue weighted by Gasteiger charge is 2.17. The van der Waals surface area contributed by atoms with Crippen LogP contribution < -0.4 is 0 Å². The summed E-state index contributed by atoms with van der Waals surface area (Å²) in [5.41, 5.74) is 0.768. The number of Topliss-reactive ketones (excluding diaryl/α,β-unsaturated/α-hetero) is 2. The molecular weight excluding hydrogens is 396 g/mol. The minimum absolute atomic E-state index is 0.0861. The van der Waals surface area contributed by atoms with Crippen LogP contribution in [-0.4, -0.2) is 22.6 Å². The molecule has 0 unspecified atom stereocenters. The minimum Gasteiger partial charge on any atom is -0.477 e. The SMILES string of the molecule is CC(C)(C)/C=C(\Br)C(=O)O.O=C(C(=O)c1ccccc1)c1ccccc1. The first kappa shape index (κ1) is 21.5. The molecule has 0 aliphatic heterocycles. The Bertz CT molecular complexity index is 738. The van der Waals surface area contributed by atoms with Gasteiger partial charge >= 0.3 is 5.97 Å². The van der Waals surface area contributed by atoms with E-state index in [0.29, 0.717) is 11.1 Å². The fourth-order valence-corrected chi connectivity index (χ4v) is 2.57. The summed E-state index contributed by atoms with van der Waals surface area (Å²) >= 11 is 2.94. The summed E-state index contributed by atoms with van der Waals surface area (Å²) in [6.45, 7) is 5.82. The summed E-state index contributed by atoms with van der Waals surface area (Å²) in [6.07, 6.45) is 1.66. The van der Waals surface area contributed by atoms with E-state index in [-0.39, 0.29) is 9.90 Å². The van der Waals surface area contributed by atoms with Crippen LogP contribution in [0.1, 0.15) is 41.5 Å². The van der Waals surface area contributed by atoms with Gasteiger partial charge in [-0.2, -0.15) is 0 Å². The lowest BCUT2D eigenvalue weighted by molar-refractivity contribution is -0.131. The Hall–Kier alpha value is -2.53. The van der Waals surface area contributed by atoms with Crippen LogP contribution in [0.5, 0.6) is 0 Å². The number of carbonyl (C=O) groups excluding carboxylic acids is 2. The van der Waals surface area contributed by atoms with Gasteiger partial charge in [-0.3, -0.25) is 9.59 Å². The quantitative estimate of drug-likeness (QED) is 0.424. The topological polar surface area (TPSA) is 71.4 Å². The third kappa shape index (κ3) is 7.57. The third-order valence-corrected chi connectivity index (χ3v) is 3.61. The lowest BCUT2D eigenvalue weighted by atomic mass is 9.96. The second-order valence-electron chi connectivity index (χ2n) is 6.55. The fourth-order valence-electron chi connectivity index (χ4n) is 1.88. The van der Waals surface area contributed by atoms with Gasteiger partial charge in [-0.25, -0.2) is 4.79 Å². The van der Waals surface area contributed by atoms with Crippen LogP contribution in [0.25, 0.3) is 0 Å². The molecule has 0 amide bonds. The van der Waals surface area contributed by atoms with Gasteiger partial charge in [0.2, 0.25) is 11.6 Å². The van der Waals surface area contributed by atoms with Crippen molar-refractivity contribution < 1.29 is 19.5 Å². The molecule has 136 valence electrons. The van der Waals surface area contributed by atoms with Gasteiger partial charge in [-0.05, 0) is 21.3 Å². The van der Waals surface area contributed by atoms with E-state index in [4.69, 9.17) is 5.11 Å². The number of hydrogen-bond acceptors (Lipinski definition) is 3. The number of hydrogen-bond donors (Lipinski definition) is 1. The Labute approximate surface area is 161 Å². The monoisotopic (exact) mass is 416 g/mol. The maximum absolute atomic E-state index is 11.8. The van der Waals surface area contributed by atoms with Crippen molar-refractivity contribution in [2.24, 2.45) is 5.41 Å². The largest absolute Gasteiger partial charge is 0.477 e. The smallest absolute Gasteiger partial charge is 0.342 e. The Morgan fingerprint density at radius 1 is 0.808 bits per heavy atom. The number of benzene rings is 2. The average molecular weight is 417 g/mol. The molecule has 0 radical (unpaired) electrons. The van der Waals surface area contributed by atoms with E-state index in [0.717, 1.165) is 0 Å². The fraction of sp³-hybridized carbons (Fsp3) is 0.190. The second-order valence-corrected chi connectivity index (χ2v) is 7.41. The van der Waals surface area contributed by atoms with Gasteiger partial charge < -0.3 is 5.11 Å². The predicted molar refractivity (Wildman–Crippen MR) is 106 cm³/mol. The predicted octanol–water partition coefficient (Wildman–Crippen LogP) is 5.15. The summed E-state index contributed by atoms with van der Waals surface area (Å²) in [6, 6.07) is 17.2. The van der Waals surface area contributed by atoms with Gasteiger partial charge in [0.05, 0.1) is 4.48 Å². The second kappa shape index (κ2) is 9.82. The van der Waals surface area contributed by atoms with Crippen molar-refractivity contribution in [3.63, 3.8) is 0 Å². The zero-order valence-corrected chi connectivity index (χ0v) is 16.5. The van der Waals surface area contributed by atoms with Crippen LogP contribution >= 0.6 is 15.9 Å². The van der Waals surface area contributed by atoms with Crippen molar-refractivity contribution in [2.45, 2.75) is 20.8 Å². The Morgan fingerprint density at radius 3 is 1.38 bits per heavy atom. The van der Waals surface area contributed by atoms with E-state index in [2.05, 4.69) is 15.9 Å². The van der Waals surface area contributed by atoms with Crippen LogP contribution in [0.2, 0.25) is 0 Å². The van der Waals surface area contributed by atoms with Crippen molar-refractivity contribution in [1.82, 2.24) is 0 Å². The Kier molecular flexibility index (Phi) is 8.13. The number of carboxylic acid groups (broad SMARTS) is 1. The lowest BCUT2D eigenvalue weighted by Gasteiger charge is -2.11. The Morgan fingerprint density at radius 2 is 1.15 bits per heavy atom. The molecule has 4 nitrogen and oxygen atoms in total. The third-order valence-electron chi connectivity index (χ3n) is 3.04. The molecule has 2 aromatic carbocycles. The highest BCUT2D eigenvalue weighted by Crippen LogP contribution is 2.20. The molecule has 5 heteroatoms. The molecule has 0 saturated carbocycles. The highest BCUT2D eigenvalue weighted by atomic mass is 79.9. The first-order valence-electron chi connectivity index (χ1n) is 7.92. The first-order chi connectivity index (χ1) is 12.1. The molecule has 0 bridgehead atoms. The molecule has 2 aromatic rings. The summed E-state index contributed by atoms with van der Waals surface area (Å²) in [4.78, 5) is 33.9. The van der Waals surface area contributed by atoms with Crippen LogP contribution in [0.4, 0.5) is 0 Å². The first-order valence-corrected chi connectivity index (χ1v) is 8.72. The van der Waals surface area contributed by atoms with Crippen LogP contribution in [0.3, 0.4) is 0 Å². The molecule has 2 rings (SSSR count). The number of halogens is 1. The normalized spacial score (nSPS) is 11.2. The zero-order chi connectivity index (χ0) is 19.7. The van der Waals surface area contributed by atoms with Gasteiger partial charge in [-0.15, -0.1) is 0 Å².